The Bertz CT molecular complexity index is 341. The van der Waals surface area contributed by atoms with Gasteiger partial charge in [0.2, 0.25) is 5.91 Å². The Labute approximate surface area is 146 Å². The van der Waals surface area contributed by atoms with Gasteiger partial charge in [-0.1, -0.05) is 58.3 Å². The van der Waals surface area contributed by atoms with Gasteiger partial charge in [0.05, 0.1) is 30.9 Å². The molecule has 1 saturated heterocycles. The molecule has 1 heterocycles. The maximum atomic E-state index is 11.8. The van der Waals surface area contributed by atoms with Gasteiger partial charge in [0.15, 0.2) is 0 Å². The number of aliphatic hydroxyl groups is 3. The minimum absolute atomic E-state index is 0.0196. The summed E-state index contributed by atoms with van der Waals surface area (Å²) in [6.07, 6.45) is 9.54. The second kappa shape index (κ2) is 12.6. The lowest BCUT2D eigenvalue weighted by Crippen LogP contribution is -2.44. The van der Waals surface area contributed by atoms with Crippen molar-refractivity contribution < 1.29 is 20.1 Å². The van der Waals surface area contributed by atoms with E-state index in [1.54, 1.807) is 0 Å². The lowest BCUT2D eigenvalue weighted by Gasteiger charge is -2.16. The average molecular weight is 344 g/mol. The van der Waals surface area contributed by atoms with Gasteiger partial charge in [-0.25, -0.2) is 0 Å². The van der Waals surface area contributed by atoms with E-state index in [2.05, 4.69) is 17.6 Å². The van der Waals surface area contributed by atoms with Crippen molar-refractivity contribution in [3.05, 3.63) is 0 Å². The second-order valence-corrected chi connectivity index (χ2v) is 6.93. The Balaban J connectivity index is 1.99. The molecule has 1 aliphatic rings. The van der Waals surface area contributed by atoms with E-state index in [1.165, 1.54) is 44.9 Å². The number of nitrogens with one attached hydrogen (secondary N) is 2. The molecule has 0 spiro atoms. The van der Waals surface area contributed by atoms with Crippen molar-refractivity contribution in [1.29, 1.82) is 0 Å². The van der Waals surface area contributed by atoms with E-state index in [1.807, 2.05) is 0 Å². The molecule has 0 saturated carbocycles. The van der Waals surface area contributed by atoms with E-state index in [4.69, 9.17) is 5.11 Å². The molecule has 0 bridgehead atoms. The lowest BCUT2D eigenvalue weighted by molar-refractivity contribution is -0.121. The van der Waals surface area contributed by atoms with Crippen LogP contribution in [0.1, 0.15) is 71.1 Å². The molecular formula is C18H36N2O4. The van der Waals surface area contributed by atoms with Gasteiger partial charge in [0.1, 0.15) is 0 Å². The van der Waals surface area contributed by atoms with Gasteiger partial charge in [-0.2, -0.15) is 0 Å². The van der Waals surface area contributed by atoms with E-state index in [0.717, 1.165) is 12.8 Å². The topological polar surface area (TPSA) is 102 Å². The number of hydrogen-bond acceptors (Lipinski definition) is 5. The number of carbonyl (C=O) groups excluding carboxylic acids is 1. The summed E-state index contributed by atoms with van der Waals surface area (Å²) in [6, 6.07) is -0.941. The summed E-state index contributed by atoms with van der Waals surface area (Å²) in [4.78, 5) is 11.8. The second-order valence-electron chi connectivity index (χ2n) is 6.93. The summed E-state index contributed by atoms with van der Waals surface area (Å²) in [6.45, 7) is 2.26. The van der Waals surface area contributed by atoms with Gasteiger partial charge in [-0.3, -0.25) is 4.79 Å². The number of hydrogen-bond donors (Lipinski definition) is 5. The molecule has 0 aromatic rings. The highest BCUT2D eigenvalue weighted by atomic mass is 16.3. The number of unbranched alkanes of at least 4 members (excludes halogenated alkanes) is 8. The number of rotatable bonds is 13. The van der Waals surface area contributed by atoms with Crippen LogP contribution in [0.25, 0.3) is 0 Å². The van der Waals surface area contributed by atoms with Crippen LogP contribution in [-0.4, -0.2) is 58.7 Å². The zero-order valence-electron chi connectivity index (χ0n) is 15.0. The largest absolute Gasteiger partial charge is 0.395 e. The molecule has 1 aliphatic heterocycles. The fraction of sp³-hybridized carbons (Fsp3) is 0.944. The van der Waals surface area contributed by atoms with Gasteiger partial charge in [-0.05, 0) is 6.42 Å². The average Bonchev–Trinajstić information content (AvgIpc) is 2.86. The molecule has 24 heavy (non-hydrogen) atoms. The molecule has 1 fully saturated rings. The first-order valence-electron chi connectivity index (χ1n) is 9.59. The van der Waals surface area contributed by atoms with Crippen LogP contribution in [0.4, 0.5) is 0 Å². The van der Waals surface area contributed by atoms with Gasteiger partial charge >= 0.3 is 0 Å². The predicted molar refractivity (Wildman–Crippen MR) is 94.7 cm³/mol. The normalized spacial score (nSPS) is 26.7. The molecule has 6 heteroatoms. The molecule has 6 nitrogen and oxygen atoms in total. The zero-order chi connectivity index (χ0) is 17.8. The smallest absolute Gasteiger partial charge is 0.220 e. The first-order chi connectivity index (χ1) is 11.6. The Morgan fingerprint density at radius 2 is 1.46 bits per heavy atom. The highest BCUT2D eigenvalue weighted by Crippen LogP contribution is 2.14. The molecule has 0 unspecified atom stereocenters. The molecule has 1 amide bonds. The number of carbonyl (C=O) groups is 1. The molecule has 0 aromatic carbocycles. The van der Waals surface area contributed by atoms with Crippen LogP contribution in [0.3, 0.4) is 0 Å². The summed E-state index contributed by atoms with van der Waals surface area (Å²) in [5, 5.41) is 34.3. The lowest BCUT2D eigenvalue weighted by atomic mass is 10.1. The number of amides is 1. The van der Waals surface area contributed by atoms with Crippen molar-refractivity contribution in [2.24, 2.45) is 0 Å². The predicted octanol–water partition coefficient (Wildman–Crippen LogP) is 1.08. The Morgan fingerprint density at radius 1 is 0.917 bits per heavy atom. The monoisotopic (exact) mass is 344 g/mol. The molecule has 0 aromatic heterocycles. The fourth-order valence-corrected chi connectivity index (χ4v) is 3.20. The first kappa shape index (κ1) is 21.4. The van der Waals surface area contributed by atoms with Crippen LogP contribution in [0.15, 0.2) is 0 Å². The Hall–Kier alpha value is -0.690. The highest BCUT2D eigenvalue weighted by molar-refractivity contribution is 5.75. The minimum atomic E-state index is -0.991. The van der Waals surface area contributed by atoms with Crippen molar-refractivity contribution in [3.8, 4) is 0 Å². The van der Waals surface area contributed by atoms with E-state index >= 15 is 0 Å². The van der Waals surface area contributed by atoms with Crippen molar-refractivity contribution in [2.75, 3.05) is 13.2 Å². The summed E-state index contributed by atoms with van der Waals surface area (Å²) < 4.78 is 0. The van der Waals surface area contributed by atoms with Crippen molar-refractivity contribution >= 4 is 5.91 Å². The summed E-state index contributed by atoms with van der Waals surface area (Å²) >= 11 is 0. The van der Waals surface area contributed by atoms with Crippen LogP contribution in [0, 0.1) is 0 Å². The maximum absolute atomic E-state index is 11.8. The SMILES string of the molecule is CCCCCCCCCCCC(=O)NC[C@H]1N[C@H](CO)[C@@H](O)[C@@H]1O. The molecule has 0 radical (unpaired) electrons. The summed E-state index contributed by atoms with van der Waals surface area (Å²) in [7, 11) is 0. The maximum Gasteiger partial charge on any atom is 0.220 e. The van der Waals surface area contributed by atoms with Crippen LogP contribution >= 0.6 is 0 Å². The van der Waals surface area contributed by atoms with Gasteiger partial charge in [0.25, 0.3) is 0 Å². The zero-order valence-corrected chi connectivity index (χ0v) is 15.0. The fourth-order valence-electron chi connectivity index (χ4n) is 3.20. The van der Waals surface area contributed by atoms with Crippen molar-refractivity contribution in [1.82, 2.24) is 10.6 Å². The van der Waals surface area contributed by atoms with Gasteiger partial charge < -0.3 is 26.0 Å². The van der Waals surface area contributed by atoms with E-state index < -0.39 is 24.3 Å². The van der Waals surface area contributed by atoms with Gasteiger partial charge in [-0.15, -0.1) is 0 Å². The standard InChI is InChI=1S/C18H36N2O4/c1-2-3-4-5-6-7-8-9-10-11-16(22)19-12-14-17(23)18(24)15(13-21)20-14/h14-15,17-18,20-21,23-24H,2-13H2,1H3,(H,19,22)/t14-,15-,17-,18-/m1/s1. The number of aliphatic hydroxyl groups excluding tert-OH is 3. The van der Waals surface area contributed by atoms with Crippen LogP contribution < -0.4 is 10.6 Å². The Morgan fingerprint density at radius 3 is 2.00 bits per heavy atom. The molecule has 1 rings (SSSR count). The van der Waals surface area contributed by atoms with Crippen LogP contribution in [-0.2, 0) is 4.79 Å². The van der Waals surface area contributed by atoms with E-state index in [0.29, 0.717) is 6.42 Å². The molecule has 0 aliphatic carbocycles. The van der Waals surface area contributed by atoms with E-state index in [-0.39, 0.29) is 19.1 Å². The van der Waals surface area contributed by atoms with Gasteiger partial charge in [0, 0.05) is 13.0 Å². The molecular weight excluding hydrogens is 308 g/mol. The molecule has 142 valence electrons. The van der Waals surface area contributed by atoms with Crippen molar-refractivity contribution in [3.63, 3.8) is 0 Å². The summed E-state index contributed by atoms with van der Waals surface area (Å²) in [5.74, 6) is -0.0196. The quantitative estimate of drug-likeness (QED) is 0.322. The van der Waals surface area contributed by atoms with Crippen molar-refractivity contribution in [2.45, 2.75) is 95.4 Å². The summed E-state index contributed by atoms with van der Waals surface area (Å²) in [5.41, 5.74) is 0. The first-order valence-corrected chi connectivity index (χ1v) is 9.59. The Kier molecular flexibility index (Phi) is 11.2. The van der Waals surface area contributed by atoms with E-state index in [9.17, 15) is 15.0 Å². The third-order valence-corrected chi connectivity index (χ3v) is 4.83. The third-order valence-electron chi connectivity index (χ3n) is 4.83. The van der Waals surface area contributed by atoms with Crippen LogP contribution in [0.5, 0.6) is 0 Å². The molecule has 4 atom stereocenters. The highest BCUT2D eigenvalue weighted by Gasteiger charge is 2.40. The molecule has 5 N–H and O–H groups in total. The van der Waals surface area contributed by atoms with Crippen LogP contribution in [0.2, 0.25) is 0 Å². The third kappa shape index (κ3) is 7.92. The minimum Gasteiger partial charge on any atom is -0.395 e.